The van der Waals surface area contributed by atoms with Crippen molar-refractivity contribution in [3.8, 4) is 0 Å². The van der Waals surface area contributed by atoms with Gasteiger partial charge in [-0.25, -0.2) is 9.97 Å². The normalized spacial score (nSPS) is 26.2. The number of piperidine rings is 1. The first-order valence-corrected chi connectivity index (χ1v) is 13.2. The summed E-state index contributed by atoms with van der Waals surface area (Å²) in [4.78, 5) is 17.6. The Bertz CT molecular complexity index is 674. The molecule has 3 atom stereocenters. The molecule has 3 saturated heterocycles. The first kappa shape index (κ1) is 23.9. The second kappa shape index (κ2) is 11.3. The topological polar surface area (TPSA) is 44.7 Å². The van der Waals surface area contributed by atoms with E-state index in [1.54, 1.807) is 0 Å². The van der Waals surface area contributed by atoms with Gasteiger partial charge < -0.3 is 14.5 Å². The van der Waals surface area contributed by atoms with Crippen LogP contribution in [-0.4, -0.2) is 83.3 Å². The quantitative estimate of drug-likeness (QED) is 0.502. The van der Waals surface area contributed by atoms with Crippen molar-refractivity contribution in [3.05, 3.63) is 18.0 Å². The van der Waals surface area contributed by atoms with Gasteiger partial charge in [0, 0.05) is 50.2 Å². The zero-order valence-electron chi connectivity index (χ0n) is 20.9. The number of hydrogen-bond donors (Lipinski definition) is 0. The molecule has 0 radical (unpaired) electrons. The lowest BCUT2D eigenvalue weighted by Gasteiger charge is -2.43. The van der Waals surface area contributed by atoms with Crippen LogP contribution in [-0.2, 0) is 4.74 Å². The number of unbranched alkanes of at least 4 members (excludes halogenated alkanes) is 1. The molecule has 0 aromatic carbocycles. The summed E-state index contributed by atoms with van der Waals surface area (Å²) < 4.78 is 5.66. The van der Waals surface area contributed by atoms with E-state index in [1.165, 1.54) is 83.2 Å². The highest BCUT2D eigenvalue weighted by Gasteiger charge is 2.42. The molecule has 1 aromatic rings. The molecule has 32 heavy (non-hydrogen) atoms. The van der Waals surface area contributed by atoms with Crippen LogP contribution < -0.4 is 4.90 Å². The third-order valence-electron chi connectivity index (χ3n) is 7.99. The maximum absolute atomic E-state index is 5.66. The van der Waals surface area contributed by atoms with Crippen LogP contribution >= 0.6 is 0 Å². The van der Waals surface area contributed by atoms with Gasteiger partial charge in [-0.05, 0) is 96.8 Å². The van der Waals surface area contributed by atoms with Crippen molar-refractivity contribution in [2.45, 2.75) is 103 Å². The van der Waals surface area contributed by atoms with Crippen molar-refractivity contribution < 1.29 is 4.74 Å². The minimum atomic E-state index is 0.351. The van der Waals surface area contributed by atoms with E-state index in [0.29, 0.717) is 30.1 Å². The lowest BCUT2D eigenvalue weighted by molar-refractivity contribution is 0.0735. The third kappa shape index (κ3) is 5.81. The molecule has 3 aliphatic rings. The Morgan fingerprint density at radius 3 is 2.22 bits per heavy atom. The second-order valence-electron chi connectivity index (χ2n) is 10.6. The molecule has 180 valence electrons. The lowest BCUT2D eigenvalue weighted by atomic mass is 9.91. The number of rotatable bonds is 10. The SMILES string of the molecule is CCC(C)N1CC2CCC(C1)N2c1ncc(C2CCN(CCCCOC(C)C)CC2)cn1. The number of hydrogen-bond acceptors (Lipinski definition) is 6. The number of fused-ring (bicyclic) bond motifs is 2. The maximum Gasteiger partial charge on any atom is 0.225 e. The summed E-state index contributed by atoms with van der Waals surface area (Å²) >= 11 is 0. The highest BCUT2D eigenvalue weighted by Crippen LogP contribution is 2.35. The first-order valence-electron chi connectivity index (χ1n) is 13.2. The van der Waals surface area contributed by atoms with Crippen LogP contribution in [0.2, 0.25) is 0 Å². The van der Waals surface area contributed by atoms with Gasteiger partial charge in [-0.1, -0.05) is 6.92 Å². The van der Waals surface area contributed by atoms with E-state index in [1.807, 2.05) is 0 Å². The highest BCUT2D eigenvalue weighted by atomic mass is 16.5. The van der Waals surface area contributed by atoms with Gasteiger partial charge in [0.1, 0.15) is 0 Å². The fourth-order valence-electron chi connectivity index (χ4n) is 5.80. The van der Waals surface area contributed by atoms with E-state index in [9.17, 15) is 0 Å². The summed E-state index contributed by atoms with van der Waals surface area (Å²) in [5.41, 5.74) is 1.34. The van der Waals surface area contributed by atoms with Gasteiger partial charge in [-0.2, -0.15) is 0 Å². The minimum Gasteiger partial charge on any atom is -0.379 e. The lowest BCUT2D eigenvalue weighted by Crippen LogP contribution is -2.56. The van der Waals surface area contributed by atoms with Gasteiger partial charge in [0.25, 0.3) is 0 Å². The van der Waals surface area contributed by atoms with Crippen LogP contribution in [0.3, 0.4) is 0 Å². The highest BCUT2D eigenvalue weighted by molar-refractivity contribution is 5.38. The molecule has 0 amide bonds. The van der Waals surface area contributed by atoms with Crippen molar-refractivity contribution in [2.75, 3.05) is 44.2 Å². The summed E-state index contributed by atoms with van der Waals surface area (Å²) in [6.45, 7) is 15.7. The molecule has 3 aliphatic heterocycles. The van der Waals surface area contributed by atoms with Gasteiger partial charge in [0.2, 0.25) is 5.95 Å². The number of ether oxygens (including phenoxy) is 1. The fourth-order valence-corrected chi connectivity index (χ4v) is 5.80. The van der Waals surface area contributed by atoms with E-state index in [-0.39, 0.29) is 0 Å². The summed E-state index contributed by atoms with van der Waals surface area (Å²) in [5.74, 6) is 1.58. The van der Waals surface area contributed by atoms with Crippen molar-refractivity contribution in [3.63, 3.8) is 0 Å². The summed E-state index contributed by atoms with van der Waals surface area (Å²) in [5, 5.41) is 0. The molecule has 0 aliphatic carbocycles. The Morgan fingerprint density at radius 2 is 1.62 bits per heavy atom. The number of anilines is 1. The Kier molecular flexibility index (Phi) is 8.41. The predicted octanol–water partition coefficient (Wildman–Crippen LogP) is 4.31. The zero-order chi connectivity index (χ0) is 22.5. The van der Waals surface area contributed by atoms with Crippen LogP contribution in [0.15, 0.2) is 12.4 Å². The predicted molar refractivity (Wildman–Crippen MR) is 131 cm³/mol. The largest absolute Gasteiger partial charge is 0.379 e. The smallest absolute Gasteiger partial charge is 0.225 e. The Morgan fingerprint density at radius 1 is 0.969 bits per heavy atom. The van der Waals surface area contributed by atoms with Crippen molar-refractivity contribution >= 4 is 5.95 Å². The standard InChI is InChI=1S/C26H45N5O/c1-5-21(4)30-18-24-8-9-25(19-30)31(24)26-27-16-23(17-28-26)22-10-13-29(14-11-22)12-6-7-15-32-20(2)3/h16-17,20-22,24-25H,5-15,18-19H2,1-4H3. The number of likely N-dealkylation sites (tertiary alicyclic amines) is 2. The van der Waals surface area contributed by atoms with Gasteiger partial charge in [-0.15, -0.1) is 0 Å². The molecule has 3 fully saturated rings. The fraction of sp³-hybridized carbons (Fsp3) is 0.846. The van der Waals surface area contributed by atoms with E-state index in [2.05, 4.69) is 54.8 Å². The second-order valence-corrected chi connectivity index (χ2v) is 10.6. The Hall–Kier alpha value is -1.24. The van der Waals surface area contributed by atoms with Crippen molar-refractivity contribution in [1.29, 1.82) is 0 Å². The Labute approximate surface area is 195 Å². The van der Waals surface area contributed by atoms with Crippen molar-refractivity contribution in [1.82, 2.24) is 19.8 Å². The molecule has 4 rings (SSSR count). The van der Waals surface area contributed by atoms with Crippen LogP contribution in [0, 0.1) is 0 Å². The molecule has 0 saturated carbocycles. The van der Waals surface area contributed by atoms with Crippen LogP contribution in [0.25, 0.3) is 0 Å². The molecule has 6 heteroatoms. The molecule has 1 aromatic heterocycles. The summed E-state index contributed by atoms with van der Waals surface area (Å²) in [7, 11) is 0. The molecule has 0 N–H and O–H groups in total. The average Bonchev–Trinajstić information content (AvgIpc) is 3.07. The van der Waals surface area contributed by atoms with E-state index in [0.717, 1.165) is 12.6 Å². The van der Waals surface area contributed by atoms with Gasteiger partial charge in [0.15, 0.2) is 0 Å². The molecule has 0 spiro atoms. The van der Waals surface area contributed by atoms with Gasteiger partial charge in [-0.3, -0.25) is 4.90 Å². The zero-order valence-corrected chi connectivity index (χ0v) is 20.9. The molecular weight excluding hydrogens is 398 g/mol. The summed E-state index contributed by atoms with van der Waals surface area (Å²) in [6.07, 6.45) is 13.3. The monoisotopic (exact) mass is 443 g/mol. The van der Waals surface area contributed by atoms with Crippen molar-refractivity contribution in [2.24, 2.45) is 0 Å². The number of aromatic nitrogens is 2. The minimum absolute atomic E-state index is 0.351. The third-order valence-corrected chi connectivity index (χ3v) is 7.99. The van der Waals surface area contributed by atoms with Crippen LogP contribution in [0.5, 0.6) is 0 Å². The van der Waals surface area contributed by atoms with E-state index < -0.39 is 0 Å². The Balaban J connectivity index is 1.24. The number of piperazine rings is 1. The summed E-state index contributed by atoms with van der Waals surface area (Å²) in [6, 6.07) is 1.85. The molecule has 3 unspecified atom stereocenters. The van der Waals surface area contributed by atoms with Crippen LogP contribution in [0.4, 0.5) is 5.95 Å². The average molecular weight is 444 g/mol. The van der Waals surface area contributed by atoms with Gasteiger partial charge >= 0.3 is 0 Å². The molecule has 2 bridgehead atoms. The molecular formula is C26H45N5O. The van der Waals surface area contributed by atoms with Gasteiger partial charge in [0.05, 0.1) is 6.10 Å². The van der Waals surface area contributed by atoms with E-state index >= 15 is 0 Å². The molecule has 6 nitrogen and oxygen atoms in total. The maximum atomic E-state index is 5.66. The first-order chi connectivity index (χ1) is 15.5. The van der Waals surface area contributed by atoms with E-state index in [4.69, 9.17) is 14.7 Å². The van der Waals surface area contributed by atoms with Crippen LogP contribution in [0.1, 0.15) is 84.1 Å². The number of nitrogens with zero attached hydrogens (tertiary/aromatic N) is 5. The molecule has 4 heterocycles.